The van der Waals surface area contributed by atoms with Gasteiger partial charge in [0.1, 0.15) is 5.78 Å². The highest BCUT2D eigenvalue weighted by Crippen LogP contribution is 2.34. The van der Waals surface area contributed by atoms with Crippen molar-refractivity contribution in [3.63, 3.8) is 0 Å². The monoisotopic (exact) mass is 296 g/mol. The summed E-state index contributed by atoms with van der Waals surface area (Å²) in [5.41, 5.74) is 2.85. The minimum Gasteiger partial charge on any atom is -0.299 e. The van der Waals surface area contributed by atoms with Crippen molar-refractivity contribution in [1.82, 2.24) is 0 Å². The number of Topliss-reactive ketones (excluding diaryl/α,β-unsaturated/α-hetero) is 1. The second-order valence-corrected chi connectivity index (χ2v) is 6.68. The van der Waals surface area contributed by atoms with Gasteiger partial charge in [-0.1, -0.05) is 42.5 Å². The van der Waals surface area contributed by atoms with Gasteiger partial charge in [0.15, 0.2) is 0 Å². The lowest BCUT2D eigenvalue weighted by Gasteiger charge is -2.24. The number of aryl methyl sites for hydroxylation is 1. The van der Waals surface area contributed by atoms with Gasteiger partial charge in [-0.2, -0.15) is 0 Å². The van der Waals surface area contributed by atoms with E-state index in [-0.39, 0.29) is 0 Å². The van der Waals surface area contributed by atoms with Crippen LogP contribution in [0.15, 0.2) is 59.5 Å². The lowest BCUT2D eigenvalue weighted by atomic mass is 9.80. The van der Waals surface area contributed by atoms with E-state index in [9.17, 15) is 4.79 Å². The molecule has 0 radical (unpaired) electrons. The van der Waals surface area contributed by atoms with Crippen molar-refractivity contribution in [3.8, 4) is 0 Å². The lowest BCUT2D eigenvalue weighted by Crippen LogP contribution is -2.14. The molecule has 0 aliphatic heterocycles. The normalized spacial score (nSPS) is 17.2. The average Bonchev–Trinajstić information content (AvgIpc) is 2.54. The molecule has 1 unspecified atom stereocenters. The fourth-order valence-corrected chi connectivity index (χ4v) is 3.88. The van der Waals surface area contributed by atoms with E-state index in [1.165, 1.54) is 28.9 Å². The number of ketones is 1. The summed E-state index contributed by atoms with van der Waals surface area (Å²) in [6.45, 7) is 0. The molecule has 0 fully saturated rings. The molecule has 0 spiro atoms. The molecule has 21 heavy (non-hydrogen) atoms. The second kappa shape index (κ2) is 6.95. The van der Waals surface area contributed by atoms with Crippen LogP contribution in [0.4, 0.5) is 0 Å². The summed E-state index contributed by atoms with van der Waals surface area (Å²) in [6.07, 6.45) is 4.22. The van der Waals surface area contributed by atoms with Gasteiger partial charge < -0.3 is 0 Å². The summed E-state index contributed by atoms with van der Waals surface area (Å²) in [7, 11) is 0. The Balaban J connectivity index is 1.58. The molecule has 108 valence electrons. The predicted octanol–water partition coefficient (Wildman–Crippen LogP) is 4.86. The number of hydrogen-bond donors (Lipinski definition) is 0. The minimum atomic E-state index is 0.366. The van der Waals surface area contributed by atoms with E-state index in [0.717, 1.165) is 6.42 Å². The maximum atomic E-state index is 12.3. The summed E-state index contributed by atoms with van der Waals surface area (Å²) in [5.74, 6) is 1.38. The van der Waals surface area contributed by atoms with Gasteiger partial charge in [0.2, 0.25) is 0 Å². The maximum absolute atomic E-state index is 12.3. The van der Waals surface area contributed by atoms with Crippen LogP contribution in [0.3, 0.4) is 0 Å². The molecule has 0 amide bonds. The Hall–Kier alpha value is -1.54. The van der Waals surface area contributed by atoms with E-state index in [2.05, 4.69) is 36.4 Å². The Labute approximate surface area is 130 Å². The molecular weight excluding hydrogens is 276 g/mol. The number of carbonyl (C=O) groups excluding carboxylic acids is 1. The Morgan fingerprint density at radius 3 is 2.67 bits per heavy atom. The zero-order valence-electron chi connectivity index (χ0n) is 12.1. The highest BCUT2D eigenvalue weighted by molar-refractivity contribution is 8.00. The molecule has 0 heterocycles. The van der Waals surface area contributed by atoms with Crippen LogP contribution in [-0.2, 0) is 11.2 Å². The molecule has 1 aliphatic carbocycles. The Morgan fingerprint density at radius 2 is 1.81 bits per heavy atom. The van der Waals surface area contributed by atoms with Crippen LogP contribution in [0, 0.1) is 0 Å². The van der Waals surface area contributed by atoms with Gasteiger partial charge in [-0.25, -0.2) is 0 Å². The molecule has 2 aromatic rings. The molecule has 2 heteroatoms. The molecule has 0 aromatic heterocycles. The Morgan fingerprint density at radius 1 is 1.05 bits per heavy atom. The fourth-order valence-electron chi connectivity index (χ4n) is 3.08. The molecule has 0 saturated carbocycles. The van der Waals surface area contributed by atoms with E-state index < -0.39 is 0 Å². The van der Waals surface area contributed by atoms with Gasteiger partial charge in [0.05, 0.1) is 5.75 Å². The van der Waals surface area contributed by atoms with Crippen molar-refractivity contribution in [2.75, 3.05) is 5.75 Å². The Bertz CT molecular complexity index is 606. The highest BCUT2D eigenvalue weighted by atomic mass is 32.2. The molecule has 0 N–H and O–H groups in total. The second-order valence-electron chi connectivity index (χ2n) is 5.63. The predicted molar refractivity (Wildman–Crippen MR) is 88.9 cm³/mol. The van der Waals surface area contributed by atoms with Gasteiger partial charge in [0.25, 0.3) is 0 Å². The third kappa shape index (κ3) is 3.76. The van der Waals surface area contributed by atoms with Gasteiger partial charge >= 0.3 is 0 Å². The molecule has 1 atom stereocenters. The van der Waals surface area contributed by atoms with E-state index in [1.54, 1.807) is 11.8 Å². The minimum absolute atomic E-state index is 0.366. The maximum Gasteiger partial charge on any atom is 0.143 e. The first-order valence-corrected chi connectivity index (χ1v) is 8.59. The van der Waals surface area contributed by atoms with Crippen molar-refractivity contribution < 1.29 is 4.79 Å². The summed E-state index contributed by atoms with van der Waals surface area (Å²) in [4.78, 5) is 13.4. The lowest BCUT2D eigenvalue weighted by molar-refractivity contribution is -0.117. The van der Waals surface area contributed by atoms with Crippen LogP contribution in [0.25, 0.3) is 0 Å². The number of benzene rings is 2. The fraction of sp³-hybridized carbons (Fsp3) is 0.316. The van der Waals surface area contributed by atoms with Crippen molar-refractivity contribution in [1.29, 1.82) is 0 Å². The highest BCUT2D eigenvalue weighted by Gasteiger charge is 2.22. The van der Waals surface area contributed by atoms with E-state index in [0.29, 0.717) is 23.9 Å². The first-order valence-electron chi connectivity index (χ1n) is 7.60. The zero-order chi connectivity index (χ0) is 14.5. The third-order valence-corrected chi connectivity index (χ3v) is 5.18. The van der Waals surface area contributed by atoms with Crippen LogP contribution in [0.2, 0.25) is 0 Å². The van der Waals surface area contributed by atoms with Crippen LogP contribution in [-0.4, -0.2) is 11.5 Å². The van der Waals surface area contributed by atoms with E-state index in [1.807, 2.05) is 18.2 Å². The molecule has 1 nitrogen and oxygen atoms in total. The number of fused-ring (bicyclic) bond motifs is 1. The van der Waals surface area contributed by atoms with Crippen LogP contribution < -0.4 is 0 Å². The molecule has 0 saturated heterocycles. The smallest absolute Gasteiger partial charge is 0.143 e. The summed E-state index contributed by atoms with van der Waals surface area (Å²) in [5, 5.41) is 0. The van der Waals surface area contributed by atoms with Crippen LogP contribution in [0.1, 0.15) is 36.3 Å². The van der Waals surface area contributed by atoms with Gasteiger partial charge in [-0.05, 0) is 48.4 Å². The molecule has 0 bridgehead atoms. The van der Waals surface area contributed by atoms with Gasteiger partial charge in [0, 0.05) is 11.3 Å². The molecule has 1 aliphatic rings. The van der Waals surface area contributed by atoms with E-state index >= 15 is 0 Å². The quantitative estimate of drug-likeness (QED) is 0.733. The molecule has 2 aromatic carbocycles. The van der Waals surface area contributed by atoms with Crippen molar-refractivity contribution in [2.24, 2.45) is 0 Å². The number of thioether (sulfide) groups is 1. The third-order valence-electron chi connectivity index (χ3n) is 4.11. The number of hydrogen-bond acceptors (Lipinski definition) is 2. The number of carbonyl (C=O) groups is 1. The topological polar surface area (TPSA) is 17.1 Å². The summed E-state index contributed by atoms with van der Waals surface area (Å²) >= 11 is 1.65. The van der Waals surface area contributed by atoms with Crippen LogP contribution in [0.5, 0.6) is 0 Å². The summed E-state index contributed by atoms with van der Waals surface area (Å²) < 4.78 is 0. The first kappa shape index (κ1) is 14.4. The standard InChI is InChI=1S/C19H20OS/c20-17(14-21-18-10-2-1-3-11-18)13-16-9-6-8-15-7-4-5-12-19(15)16/h1-5,7,10-12,16H,6,8-9,13-14H2. The molecular formula is C19H20OS. The van der Waals surface area contributed by atoms with Crippen LogP contribution >= 0.6 is 11.8 Å². The van der Waals surface area contributed by atoms with E-state index in [4.69, 9.17) is 0 Å². The largest absolute Gasteiger partial charge is 0.299 e. The number of rotatable bonds is 5. The first-order chi connectivity index (χ1) is 10.3. The van der Waals surface area contributed by atoms with Crippen molar-refractivity contribution in [2.45, 2.75) is 36.5 Å². The Kier molecular flexibility index (Phi) is 4.76. The van der Waals surface area contributed by atoms with Crippen molar-refractivity contribution in [3.05, 3.63) is 65.7 Å². The zero-order valence-corrected chi connectivity index (χ0v) is 12.9. The van der Waals surface area contributed by atoms with Gasteiger partial charge in [-0.15, -0.1) is 11.8 Å². The summed E-state index contributed by atoms with van der Waals surface area (Å²) in [6, 6.07) is 18.8. The van der Waals surface area contributed by atoms with Crippen molar-refractivity contribution >= 4 is 17.5 Å². The SMILES string of the molecule is O=C(CSc1ccccc1)CC1CCCc2ccccc21. The average molecular weight is 296 g/mol. The molecule has 3 rings (SSSR count). The van der Waals surface area contributed by atoms with Gasteiger partial charge in [-0.3, -0.25) is 4.79 Å².